The van der Waals surface area contributed by atoms with E-state index in [0.29, 0.717) is 18.2 Å². The molecular weight excluding hydrogens is 186 g/mol. The molecular formula is C10H20ClNO. The van der Waals surface area contributed by atoms with E-state index < -0.39 is 0 Å². The minimum atomic E-state index is 0.170. The summed E-state index contributed by atoms with van der Waals surface area (Å²) in [6.07, 6.45) is 3.67. The molecule has 0 aliphatic rings. The Labute approximate surface area is 86.0 Å². The van der Waals surface area contributed by atoms with E-state index in [1.165, 1.54) is 0 Å². The van der Waals surface area contributed by atoms with Crippen LogP contribution < -0.4 is 5.32 Å². The number of nitrogens with one attached hydrogen (secondary N) is 1. The molecule has 0 rings (SSSR count). The first kappa shape index (κ1) is 12.8. The summed E-state index contributed by atoms with van der Waals surface area (Å²) in [5.41, 5.74) is 0. The van der Waals surface area contributed by atoms with Gasteiger partial charge in [-0.2, -0.15) is 0 Å². The molecule has 13 heavy (non-hydrogen) atoms. The van der Waals surface area contributed by atoms with Gasteiger partial charge in [-0.3, -0.25) is 4.79 Å². The Hall–Kier alpha value is -0.240. The third-order valence-electron chi connectivity index (χ3n) is 2.11. The Morgan fingerprint density at radius 1 is 1.46 bits per heavy atom. The van der Waals surface area contributed by atoms with Gasteiger partial charge in [0.1, 0.15) is 0 Å². The number of alkyl halides is 1. The summed E-state index contributed by atoms with van der Waals surface area (Å²) in [6.45, 7) is 4.96. The monoisotopic (exact) mass is 205 g/mol. The van der Waals surface area contributed by atoms with Gasteiger partial charge in [0.25, 0.3) is 0 Å². The highest BCUT2D eigenvalue weighted by Gasteiger charge is 2.05. The minimum Gasteiger partial charge on any atom is -0.356 e. The molecule has 0 fully saturated rings. The van der Waals surface area contributed by atoms with E-state index in [9.17, 15) is 4.79 Å². The average molecular weight is 206 g/mol. The smallest absolute Gasteiger partial charge is 0.220 e. The van der Waals surface area contributed by atoms with Crippen LogP contribution in [0.3, 0.4) is 0 Å². The van der Waals surface area contributed by atoms with E-state index in [1.807, 2.05) is 0 Å². The summed E-state index contributed by atoms with van der Waals surface area (Å²) < 4.78 is 0. The van der Waals surface area contributed by atoms with Crippen LogP contribution >= 0.6 is 11.6 Å². The lowest BCUT2D eigenvalue weighted by molar-refractivity contribution is -0.121. The molecule has 0 aromatic rings. The Morgan fingerprint density at radius 2 is 2.15 bits per heavy atom. The SMILES string of the molecule is CCC(C)CC(=O)NCCCCCl. The molecule has 1 N–H and O–H groups in total. The Morgan fingerprint density at radius 3 is 2.69 bits per heavy atom. The highest BCUT2D eigenvalue weighted by Crippen LogP contribution is 2.05. The number of hydrogen-bond acceptors (Lipinski definition) is 1. The van der Waals surface area contributed by atoms with Gasteiger partial charge in [-0.05, 0) is 18.8 Å². The van der Waals surface area contributed by atoms with E-state index in [2.05, 4.69) is 19.2 Å². The molecule has 0 aliphatic heterocycles. The van der Waals surface area contributed by atoms with Gasteiger partial charge in [-0.15, -0.1) is 11.6 Å². The maximum Gasteiger partial charge on any atom is 0.220 e. The van der Waals surface area contributed by atoms with E-state index in [4.69, 9.17) is 11.6 Å². The van der Waals surface area contributed by atoms with Crippen LogP contribution in [0.4, 0.5) is 0 Å². The van der Waals surface area contributed by atoms with E-state index in [0.717, 1.165) is 25.8 Å². The van der Waals surface area contributed by atoms with Gasteiger partial charge in [0, 0.05) is 18.8 Å². The first-order chi connectivity index (χ1) is 6.20. The van der Waals surface area contributed by atoms with Crippen LogP contribution in [0.2, 0.25) is 0 Å². The van der Waals surface area contributed by atoms with Crippen LogP contribution in [0.1, 0.15) is 39.5 Å². The van der Waals surface area contributed by atoms with Gasteiger partial charge in [0.2, 0.25) is 5.91 Å². The van der Waals surface area contributed by atoms with Gasteiger partial charge in [-0.25, -0.2) is 0 Å². The second-order valence-corrected chi connectivity index (χ2v) is 3.84. The standard InChI is InChI=1S/C10H20ClNO/c1-3-9(2)8-10(13)12-7-5-4-6-11/h9H,3-8H2,1-2H3,(H,12,13). The molecule has 78 valence electrons. The van der Waals surface area contributed by atoms with Crippen LogP contribution in [-0.2, 0) is 4.79 Å². The van der Waals surface area contributed by atoms with E-state index in [1.54, 1.807) is 0 Å². The largest absolute Gasteiger partial charge is 0.356 e. The third kappa shape index (κ3) is 8.10. The van der Waals surface area contributed by atoms with E-state index >= 15 is 0 Å². The lowest BCUT2D eigenvalue weighted by Crippen LogP contribution is -2.25. The molecule has 0 heterocycles. The molecule has 0 bridgehead atoms. The van der Waals surface area contributed by atoms with Crippen molar-refractivity contribution >= 4 is 17.5 Å². The van der Waals surface area contributed by atoms with Gasteiger partial charge in [0.05, 0.1) is 0 Å². The van der Waals surface area contributed by atoms with Crippen molar-refractivity contribution in [1.82, 2.24) is 5.32 Å². The van der Waals surface area contributed by atoms with Crippen molar-refractivity contribution in [2.24, 2.45) is 5.92 Å². The number of hydrogen-bond donors (Lipinski definition) is 1. The van der Waals surface area contributed by atoms with Crippen molar-refractivity contribution < 1.29 is 4.79 Å². The Balaban J connectivity index is 3.30. The lowest BCUT2D eigenvalue weighted by Gasteiger charge is -2.08. The average Bonchev–Trinajstić information content (AvgIpc) is 2.12. The molecule has 0 saturated heterocycles. The van der Waals surface area contributed by atoms with Crippen LogP contribution in [0, 0.1) is 5.92 Å². The molecule has 1 amide bonds. The molecule has 3 heteroatoms. The molecule has 0 radical (unpaired) electrons. The van der Waals surface area contributed by atoms with E-state index in [-0.39, 0.29) is 5.91 Å². The number of amides is 1. The molecule has 0 aromatic heterocycles. The van der Waals surface area contributed by atoms with Crippen LogP contribution in [-0.4, -0.2) is 18.3 Å². The lowest BCUT2D eigenvalue weighted by atomic mass is 10.1. The van der Waals surface area contributed by atoms with Crippen molar-refractivity contribution in [2.45, 2.75) is 39.5 Å². The van der Waals surface area contributed by atoms with Crippen LogP contribution in [0.25, 0.3) is 0 Å². The Bertz CT molecular complexity index is 139. The first-order valence-corrected chi connectivity index (χ1v) is 5.56. The fourth-order valence-corrected chi connectivity index (χ4v) is 1.17. The van der Waals surface area contributed by atoms with Crippen molar-refractivity contribution in [3.05, 3.63) is 0 Å². The Kier molecular flexibility index (Phi) is 8.21. The molecule has 1 unspecified atom stereocenters. The normalized spacial score (nSPS) is 12.5. The number of carbonyl (C=O) groups is 1. The molecule has 0 aromatic carbocycles. The zero-order valence-corrected chi connectivity index (χ0v) is 9.36. The van der Waals surface area contributed by atoms with Crippen LogP contribution in [0.5, 0.6) is 0 Å². The van der Waals surface area contributed by atoms with Gasteiger partial charge >= 0.3 is 0 Å². The predicted octanol–water partition coefficient (Wildman–Crippen LogP) is 2.56. The molecule has 1 atom stereocenters. The molecule has 0 aliphatic carbocycles. The first-order valence-electron chi connectivity index (χ1n) is 5.03. The summed E-state index contributed by atoms with van der Waals surface area (Å²) in [5, 5.41) is 2.89. The second-order valence-electron chi connectivity index (χ2n) is 3.46. The fraction of sp³-hybridized carbons (Fsp3) is 0.900. The highest BCUT2D eigenvalue weighted by molar-refractivity contribution is 6.17. The fourth-order valence-electron chi connectivity index (χ4n) is 0.980. The number of rotatable bonds is 7. The van der Waals surface area contributed by atoms with Crippen LogP contribution in [0.15, 0.2) is 0 Å². The second kappa shape index (κ2) is 8.36. The summed E-state index contributed by atoms with van der Waals surface area (Å²) in [4.78, 5) is 11.2. The minimum absolute atomic E-state index is 0.170. The zero-order chi connectivity index (χ0) is 10.1. The van der Waals surface area contributed by atoms with Gasteiger partial charge < -0.3 is 5.32 Å². The highest BCUT2D eigenvalue weighted by atomic mass is 35.5. The third-order valence-corrected chi connectivity index (χ3v) is 2.38. The quantitative estimate of drug-likeness (QED) is 0.503. The number of halogens is 1. The predicted molar refractivity (Wildman–Crippen MR) is 57.0 cm³/mol. The summed E-state index contributed by atoms with van der Waals surface area (Å²) in [7, 11) is 0. The number of unbranched alkanes of at least 4 members (excludes halogenated alkanes) is 1. The van der Waals surface area contributed by atoms with Gasteiger partial charge in [0.15, 0.2) is 0 Å². The van der Waals surface area contributed by atoms with Crippen molar-refractivity contribution in [2.75, 3.05) is 12.4 Å². The zero-order valence-electron chi connectivity index (χ0n) is 8.61. The summed E-state index contributed by atoms with van der Waals surface area (Å²) in [5.74, 6) is 1.35. The maximum atomic E-state index is 11.2. The van der Waals surface area contributed by atoms with Crippen molar-refractivity contribution in [3.8, 4) is 0 Å². The van der Waals surface area contributed by atoms with Gasteiger partial charge in [-0.1, -0.05) is 20.3 Å². The summed E-state index contributed by atoms with van der Waals surface area (Å²) in [6, 6.07) is 0. The number of carbonyl (C=O) groups excluding carboxylic acids is 1. The summed E-state index contributed by atoms with van der Waals surface area (Å²) >= 11 is 5.51. The topological polar surface area (TPSA) is 29.1 Å². The molecule has 2 nitrogen and oxygen atoms in total. The van der Waals surface area contributed by atoms with Crippen molar-refractivity contribution in [1.29, 1.82) is 0 Å². The molecule has 0 saturated carbocycles. The maximum absolute atomic E-state index is 11.2. The molecule has 0 spiro atoms. The van der Waals surface area contributed by atoms with Crippen molar-refractivity contribution in [3.63, 3.8) is 0 Å².